The maximum absolute atomic E-state index is 10.7. The maximum atomic E-state index is 10.7. The van der Waals surface area contributed by atoms with Gasteiger partial charge in [0.1, 0.15) is 0 Å². The molecule has 0 N–H and O–H groups in total. The quantitative estimate of drug-likeness (QED) is 0.224. The van der Waals surface area contributed by atoms with E-state index in [1.54, 1.807) is 0 Å². The summed E-state index contributed by atoms with van der Waals surface area (Å²) in [6, 6.07) is 0. The standard InChI is InChI=1S/C7H13BrO2.ClH.Li.Zn/c1-2-10-7(9)5-3-4-6-8;;;/h2-6H2,1H3;1H;;/q;;+1;/p-1. The van der Waals surface area contributed by atoms with E-state index in [1.165, 1.54) is 0 Å². The molecule has 0 radical (unpaired) electrons. The first-order valence-corrected chi connectivity index (χ1v) is 4.65. The molecule has 0 saturated carbocycles. The molecule has 0 heterocycles. The van der Waals surface area contributed by atoms with Gasteiger partial charge in [0.15, 0.2) is 0 Å². The van der Waals surface area contributed by atoms with E-state index >= 15 is 0 Å². The van der Waals surface area contributed by atoms with Crippen LogP contribution in [0.4, 0.5) is 0 Å². The van der Waals surface area contributed by atoms with E-state index in [2.05, 4.69) is 15.9 Å². The summed E-state index contributed by atoms with van der Waals surface area (Å²) in [5.41, 5.74) is 0. The number of carbonyl (C=O) groups excluding carboxylic acids is 1. The minimum atomic E-state index is -0.0801. The number of hydrogen-bond donors (Lipinski definition) is 0. The van der Waals surface area contributed by atoms with Crippen LogP contribution in [0.3, 0.4) is 0 Å². The predicted octanol–water partition coefficient (Wildman–Crippen LogP) is -3.88. The average Bonchev–Trinajstić information content (AvgIpc) is 1.89. The summed E-state index contributed by atoms with van der Waals surface area (Å²) in [5.74, 6) is -0.0801. The Morgan fingerprint density at radius 3 is 2.31 bits per heavy atom. The van der Waals surface area contributed by atoms with Crippen LogP contribution in [-0.2, 0) is 29.0 Å². The van der Waals surface area contributed by atoms with Crippen LogP contribution < -0.4 is 31.3 Å². The number of alkyl halides is 1. The van der Waals surface area contributed by atoms with Crippen molar-refractivity contribution < 1.29 is 60.3 Å². The van der Waals surface area contributed by atoms with Crippen LogP contribution >= 0.6 is 15.9 Å². The molecular formula is C7H13BrClLiO2Zn. The van der Waals surface area contributed by atoms with Crippen LogP contribution in [0.2, 0.25) is 0 Å². The van der Waals surface area contributed by atoms with E-state index in [1.807, 2.05) is 6.92 Å². The molecule has 0 aromatic heterocycles. The van der Waals surface area contributed by atoms with Crippen molar-refractivity contribution in [2.24, 2.45) is 0 Å². The molecule has 0 spiro atoms. The van der Waals surface area contributed by atoms with Crippen molar-refractivity contribution in [3.8, 4) is 0 Å². The van der Waals surface area contributed by atoms with Crippen LogP contribution in [0.15, 0.2) is 0 Å². The van der Waals surface area contributed by atoms with E-state index in [-0.39, 0.29) is 56.7 Å². The summed E-state index contributed by atoms with van der Waals surface area (Å²) in [6.07, 6.45) is 2.52. The molecule has 0 atom stereocenters. The number of rotatable bonds is 5. The molecule has 0 aliphatic heterocycles. The van der Waals surface area contributed by atoms with Gasteiger partial charge in [-0.05, 0) is 19.8 Å². The van der Waals surface area contributed by atoms with Crippen molar-refractivity contribution in [3.05, 3.63) is 0 Å². The van der Waals surface area contributed by atoms with Crippen molar-refractivity contribution in [1.82, 2.24) is 0 Å². The molecule has 0 fully saturated rings. The van der Waals surface area contributed by atoms with Gasteiger partial charge in [-0.15, -0.1) is 0 Å². The molecule has 0 unspecified atom stereocenters. The summed E-state index contributed by atoms with van der Waals surface area (Å²) >= 11 is 3.29. The molecule has 6 heteroatoms. The molecule has 70 valence electrons. The first-order valence-electron chi connectivity index (χ1n) is 3.52. The van der Waals surface area contributed by atoms with Gasteiger partial charge >= 0.3 is 24.8 Å². The molecule has 13 heavy (non-hydrogen) atoms. The Balaban J connectivity index is -0.000000135. The van der Waals surface area contributed by atoms with E-state index in [0.717, 1.165) is 18.2 Å². The Hall–Kier alpha value is 1.46. The smallest absolute Gasteiger partial charge is 1.00 e. The van der Waals surface area contributed by atoms with Gasteiger partial charge in [0, 0.05) is 31.2 Å². The Morgan fingerprint density at radius 1 is 1.38 bits per heavy atom. The summed E-state index contributed by atoms with van der Waals surface area (Å²) < 4.78 is 4.73. The zero-order valence-corrected chi connectivity index (χ0v) is 13.6. The fourth-order valence-electron chi connectivity index (χ4n) is 0.597. The first kappa shape index (κ1) is 23.9. The molecule has 2 nitrogen and oxygen atoms in total. The van der Waals surface area contributed by atoms with Gasteiger partial charge in [-0.1, -0.05) is 15.9 Å². The van der Waals surface area contributed by atoms with Crippen molar-refractivity contribution in [2.75, 3.05) is 11.9 Å². The average molecular weight is 317 g/mol. The van der Waals surface area contributed by atoms with Gasteiger partial charge in [-0.2, -0.15) is 0 Å². The van der Waals surface area contributed by atoms with Crippen molar-refractivity contribution >= 4 is 21.9 Å². The number of hydrogen-bond acceptors (Lipinski definition) is 2. The molecule has 0 amide bonds. The third-order valence-electron chi connectivity index (χ3n) is 1.07. The van der Waals surface area contributed by atoms with Crippen LogP contribution in [0, 0.1) is 0 Å². The fraction of sp³-hybridized carbons (Fsp3) is 0.857. The molecule has 0 aliphatic carbocycles. The first-order chi connectivity index (χ1) is 4.81. The third-order valence-corrected chi connectivity index (χ3v) is 1.63. The Morgan fingerprint density at radius 2 is 1.92 bits per heavy atom. The summed E-state index contributed by atoms with van der Waals surface area (Å²) in [6.45, 7) is 2.32. The van der Waals surface area contributed by atoms with Crippen LogP contribution in [0.25, 0.3) is 0 Å². The normalized spacial score (nSPS) is 7.23. The van der Waals surface area contributed by atoms with E-state index in [9.17, 15) is 4.79 Å². The van der Waals surface area contributed by atoms with E-state index in [0.29, 0.717) is 13.0 Å². The largest absolute Gasteiger partial charge is 1.00 e. The summed E-state index contributed by atoms with van der Waals surface area (Å²) in [5, 5.41) is 0.965. The molecule has 0 bridgehead atoms. The number of carbonyl (C=O) groups is 1. The minimum Gasteiger partial charge on any atom is -1.00 e. The molecule has 0 aromatic rings. The summed E-state index contributed by atoms with van der Waals surface area (Å²) in [7, 11) is 0. The second-order valence-corrected chi connectivity index (χ2v) is 2.74. The van der Waals surface area contributed by atoms with Gasteiger partial charge in [-0.3, -0.25) is 4.79 Å². The number of halogens is 2. The molecule has 0 aliphatic rings. The predicted molar refractivity (Wildman–Crippen MR) is 44.3 cm³/mol. The minimum absolute atomic E-state index is 0. The Bertz CT molecular complexity index is 108. The van der Waals surface area contributed by atoms with Crippen LogP contribution in [0.1, 0.15) is 26.2 Å². The van der Waals surface area contributed by atoms with Crippen molar-refractivity contribution in [2.45, 2.75) is 26.2 Å². The maximum Gasteiger partial charge on any atom is 1.00 e. The number of unbranched alkanes of at least 4 members (excludes halogenated alkanes) is 1. The van der Waals surface area contributed by atoms with Gasteiger partial charge < -0.3 is 17.1 Å². The third kappa shape index (κ3) is 19.8. The molecule has 0 aromatic carbocycles. The number of ether oxygens (including phenoxy) is 1. The second kappa shape index (κ2) is 19.1. The molecular weight excluding hydrogens is 304 g/mol. The fourth-order valence-corrected chi connectivity index (χ4v) is 0.993. The van der Waals surface area contributed by atoms with E-state index < -0.39 is 0 Å². The topological polar surface area (TPSA) is 26.3 Å². The Labute approximate surface area is 119 Å². The molecule has 0 saturated heterocycles. The number of esters is 1. The SMILES string of the molecule is CCOC(=O)CCCCBr.[Cl-].[Li+].[Zn]. The van der Waals surface area contributed by atoms with Gasteiger partial charge in [-0.25, -0.2) is 0 Å². The van der Waals surface area contributed by atoms with Crippen LogP contribution in [0.5, 0.6) is 0 Å². The van der Waals surface area contributed by atoms with Gasteiger partial charge in [0.25, 0.3) is 0 Å². The monoisotopic (exact) mass is 314 g/mol. The zero-order chi connectivity index (χ0) is 7.82. The summed E-state index contributed by atoms with van der Waals surface area (Å²) in [4.78, 5) is 10.7. The molecule has 0 rings (SSSR count). The zero-order valence-electron chi connectivity index (χ0n) is 8.32. The second-order valence-electron chi connectivity index (χ2n) is 1.95. The Kier molecular flexibility index (Phi) is 35.2. The van der Waals surface area contributed by atoms with Gasteiger partial charge in [0.05, 0.1) is 6.61 Å². The van der Waals surface area contributed by atoms with Crippen LogP contribution in [-0.4, -0.2) is 17.9 Å². The van der Waals surface area contributed by atoms with Crippen molar-refractivity contribution in [1.29, 1.82) is 0 Å². The van der Waals surface area contributed by atoms with Gasteiger partial charge in [0.2, 0.25) is 0 Å². The van der Waals surface area contributed by atoms with Crippen molar-refractivity contribution in [3.63, 3.8) is 0 Å². The van der Waals surface area contributed by atoms with E-state index in [4.69, 9.17) is 4.74 Å².